The van der Waals surface area contributed by atoms with Crippen molar-refractivity contribution in [2.75, 3.05) is 0 Å². The predicted molar refractivity (Wildman–Crippen MR) is 70.6 cm³/mol. The number of nitrogen functional groups attached to an aromatic ring is 1. The molecule has 0 aliphatic heterocycles. The summed E-state index contributed by atoms with van der Waals surface area (Å²) in [5.74, 6) is -0.00288. The van der Waals surface area contributed by atoms with E-state index in [1.165, 1.54) is 10.5 Å². The molecule has 4 heteroatoms. The minimum Gasteiger partial charge on any atom is -0.382 e. The Kier molecular flexibility index (Phi) is 3.44. The van der Waals surface area contributed by atoms with Gasteiger partial charge in [-0.1, -0.05) is 29.5 Å². The second-order valence-electron chi connectivity index (χ2n) is 3.71. The first-order valence-electron chi connectivity index (χ1n) is 5.20. The van der Waals surface area contributed by atoms with E-state index in [0.717, 1.165) is 4.90 Å². The summed E-state index contributed by atoms with van der Waals surface area (Å²) >= 11 is 1.64. The molecule has 0 fully saturated rings. The monoisotopic (exact) mass is 243 g/mol. The van der Waals surface area contributed by atoms with Crippen LogP contribution in [0, 0.1) is 12.3 Å². The second kappa shape index (κ2) is 5.01. The highest BCUT2D eigenvalue weighted by molar-refractivity contribution is 7.99. The fourth-order valence-electron chi connectivity index (χ4n) is 1.34. The largest absolute Gasteiger partial charge is 0.382 e. The van der Waals surface area contributed by atoms with Crippen LogP contribution >= 0.6 is 11.8 Å². The summed E-state index contributed by atoms with van der Waals surface area (Å²) in [6.07, 6.45) is 1.74. The van der Waals surface area contributed by atoms with Crippen LogP contribution in [0.5, 0.6) is 0 Å². The van der Waals surface area contributed by atoms with Gasteiger partial charge >= 0.3 is 0 Å². The molecule has 0 radical (unpaired) electrons. The average Bonchev–Trinajstić information content (AvgIpc) is 2.33. The molecule has 0 amide bonds. The number of benzene rings is 1. The number of hydrogen-bond acceptors (Lipinski definition) is 3. The predicted octanol–water partition coefficient (Wildman–Crippen LogP) is 2.83. The van der Waals surface area contributed by atoms with Crippen LogP contribution in [-0.4, -0.2) is 10.8 Å². The lowest BCUT2D eigenvalue weighted by atomic mass is 10.2. The third-order valence-corrected chi connectivity index (χ3v) is 3.25. The summed E-state index contributed by atoms with van der Waals surface area (Å²) in [7, 11) is 0. The van der Waals surface area contributed by atoms with Gasteiger partial charge < -0.3 is 5.73 Å². The Morgan fingerprint density at radius 1 is 1.12 bits per heavy atom. The Balaban J connectivity index is 2.13. The molecular formula is C13H13N3S. The van der Waals surface area contributed by atoms with Crippen molar-refractivity contribution in [3.63, 3.8) is 0 Å². The summed E-state index contributed by atoms with van der Waals surface area (Å²) in [5.41, 5.74) is 7.11. The molecule has 0 saturated carbocycles. The van der Waals surface area contributed by atoms with Gasteiger partial charge in [-0.2, -0.15) is 0 Å². The summed E-state index contributed by atoms with van der Waals surface area (Å²) in [4.78, 5) is 6.34. The lowest BCUT2D eigenvalue weighted by Crippen LogP contribution is -2.12. The number of nitrogens with zero attached hydrogens (tertiary/aromatic N) is 1. The van der Waals surface area contributed by atoms with E-state index in [1.807, 2.05) is 6.07 Å². The van der Waals surface area contributed by atoms with Gasteiger partial charge in [0, 0.05) is 16.0 Å². The molecular weight excluding hydrogens is 230 g/mol. The molecule has 17 heavy (non-hydrogen) atoms. The minimum absolute atomic E-state index is 0.00288. The van der Waals surface area contributed by atoms with Gasteiger partial charge in [0.15, 0.2) is 0 Å². The van der Waals surface area contributed by atoms with Gasteiger partial charge in [0.05, 0.1) is 0 Å². The molecule has 0 saturated heterocycles. The quantitative estimate of drug-likeness (QED) is 0.643. The fourth-order valence-corrected chi connectivity index (χ4v) is 2.13. The van der Waals surface area contributed by atoms with E-state index < -0.39 is 0 Å². The second-order valence-corrected chi connectivity index (χ2v) is 4.85. The van der Waals surface area contributed by atoms with Gasteiger partial charge in [0.2, 0.25) is 0 Å². The van der Waals surface area contributed by atoms with Crippen LogP contribution in [0.15, 0.2) is 52.4 Å². The van der Waals surface area contributed by atoms with E-state index in [4.69, 9.17) is 11.1 Å². The van der Waals surface area contributed by atoms with Gasteiger partial charge in [-0.3, -0.25) is 10.4 Å². The van der Waals surface area contributed by atoms with Crippen LogP contribution in [-0.2, 0) is 0 Å². The molecule has 0 bridgehead atoms. The van der Waals surface area contributed by atoms with Crippen molar-refractivity contribution in [1.29, 1.82) is 5.41 Å². The first kappa shape index (κ1) is 11.7. The van der Waals surface area contributed by atoms with Gasteiger partial charge in [0.1, 0.15) is 11.5 Å². The van der Waals surface area contributed by atoms with Gasteiger partial charge in [-0.25, -0.2) is 0 Å². The van der Waals surface area contributed by atoms with E-state index in [2.05, 4.69) is 36.2 Å². The Bertz CT molecular complexity index is 517. The zero-order chi connectivity index (χ0) is 12.3. The third kappa shape index (κ3) is 3.07. The normalized spacial score (nSPS) is 10.2. The SMILES string of the molecule is Cc1ccc(Sc2ccc(C(=N)N)nc2)cc1. The summed E-state index contributed by atoms with van der Waals surface area (Å²) in [5, 5.41) is 7.26. The number of amidine groups is 1. The Morgan fingerprint density at radius 2 is 1.76 bits per heavy atom. The van der Waals surface area contributed by atoms with Crippen molar-refractivity contribution < 1.29 is 0 Å². The third-order valence-electron chi connectivity index (χ3n) is 2.27. The molecule has 1 aromatic carbocycles. The summed E-state index contributed by atoms with van der Waals surface area (Å²) in [6, 6.07) is 12.0. The van der Waals surface area contributed by atoms with Gasteiger partial charge in [-0.05, 0) is 31.2 Å². The zero-order valence-electron chi connectivity index (χ0n) is 9.47. The summed E-state index contributed by atoms with van der Waals surface area (Å²) < 4.78 is 0. The van der Waals surface area contributed by atoms with Crippen molar-refractivity contribution in [1.82, 2.24) is 4.98 Å². The molecule has 0 spiro atoms. The highest BCUT2D eigenvalue weighted by atomic mass is 32.2. The zero-order valence-corrected chi connectivity index (χ0v) is 10.3. The molecule has 0 aliphatic rings. The molecule has 0 unspecified atom stereocenters. The van der Waals surface area contributed by atoms with Crippen LogP contribution < -0.4 is 5.73 Å². The minimum atomic E-state index is -0.00288. The van der Waals surface area contributed by atoms with Crippen LogP contribution in [0.2, 0.25) is 0 Å². The topological polar surface area (TPSA) is 62.8 Å². The van der Waals surface area contributed by atoms with Crippen LogP contribution in [0.4, 0.5) is 0 Å². The molecule has 1 heterocycles. The van der Waals surface area contributed by atoms with Crippen LogP contribution in [0.3, 0.4) is 0 Å². The Morgan fingerprint density at radius 3 is 2.29 bits per heavy atom. The van der Waals surface area contributed by atoms with Crippen molar-refractivity contribution >= 4 is 17.6 Å². The molecule has 2 aromatic rings. The standard InChI is InChI=1S/C13H13N3S/c1-9-2-4-10(5-3-9)17-11-6-7-12(13(14)15)16-8-11/h2-8H,1H3,(H3,14,15). The summed E-state index contributed by atoms with van der Waals surface area (Å²) in [6.45, 7) is 2.07. The maximum atomic E-state index is 7.26. The maximum absolute atomic E-state index is 7.26. The van der Waals surface area contributed by atoms with E-state index in [1.54, 1.807) is 24.0 Å². The van der Waals surface area contributed by atoms with Crippen molar-refractivity contribution in [3.8, 4) is 0 Å². The van der Waals surface area contributed by atoms with Crippen LogP contribution in [0.1, 0.15) is 11.3 Å². The van der Waals surface area contributed by atoms with Crippen LogP contribution in [0.25, 0.3) is 0 Å². The number of rotatable bonds is 3. The fraction of sp³-hybridized carbons (Fsp3) is 0.0769. The number of pyridine rings is 1. The Hall–Kier alpha value is -1.81. The van der Waals surface area contributed by atoms with Gasteiger partial charge in [0.25, 0.3) is 0 Å². The Labute approximate surface area is 105 Å². The first-order chi connectivity index (χ1) is 8.15. The van der Waals surface area contributed by atoms with E-state index in [0.29, 0.717) is 5.69 Å². The number of aromatic nitrogens is 1. The van der Waals surface area contributed by atoms with Gasteiger partial charge in [-0.15, -0.1) is 0 Å². The van der Waals surface area contributed by atoms with E-state index >= 15 is 0 Å². The molecule has 0 aliphatic carbocycles. The number of nitrogens with two attached hydrogens (primary N) is 1. The number of aryl methyl sites for hydroxylation is 1. The van der Waals surface area contributed by atoms with E-state index in [-0.39, 0.29) is 5.84 Å². The smallest absolute Gasteiger partial charge is 0.141 e. The molecule has 0 atom stereocenters. The average molecular weight is 243 g/mol. The first-order valence-corrected chi connectivity index (χ1v) is 6.02. The number of nitrogens with one attached hydrogen (secondary N) is 1. The molecule has 86 valence electrons. The maximum Gasteiger partial charge on any atom is 0.141 e. The lowest BCUT2D eigenvalue weighted by molar-refractivity contribution is 1.19. The van der Waals surface area contributed by atoms with Crippen molar-refractivity contribution in [2.24, 2.45) is 5.73 Å². The lowest BCUT2D eigenvalue weighted by Gasteiger charge is -2.03. The molecule has 2 rings (SSSR count). The molecule has 1 aromatic heterocycles. The molecule has 3 N–H and O–H groups in total. The van der Waals surface area contributed by atoms with Crippen molar-refractivity contribution in [3.05, 3.63) is 53.9 Å². The number of hydrogen-bond donors (Lipinski definition) is 2. The van der Waals surface area contributed by atoms with E-state index in [9.17, 15) is 0 Å². The molecule has 3 nitrogen and oxygen atoms in total. The van der Waals surface area contributed by atoms with Crippen molar-refractivity contribution in [2.45, 2.75) is 16.7 Å². The highest BCUT2D eigenvalue weighted by Crippen LogP contribution is 2.26. The highest BCUT2D eigenvalue weighted by Gasteiger charge is 2.00.